The number of thiazole rings is 1. The second-order valence-corrected chi connectivity index (χ2v) is 4.86. The first-order valence-corrected chi connectivity index (χ1v) is 5.87. The molecule has 0 saturated carbocycles. The Hall–Kier alpha value is -1.68. The highest BCUT2D eigenvalue weighted by Gasteiger charge is 2.09. The molecule has 0 radical (unpaired) electrons. The first-order valence-electron chi connectivity index (χ1n) is 5.05. The van der Waals surface area contributed by atoms with Crippen molar-refractivity contribution >= 4 is 26.5 Å². The molecule has 0 aliphatic heterocycles. The number of fused-ring (bicyclic) bond motifs is 3. The molecular formula is C12H10N2OS. The molecule has 3 rings (SSSR count). The van der Waals surface area contributed by atoms with E-state index in [4.69, 9.17) is 0 Å². The number of nitrogens with zero attached hydrogens (tertiary/aromatic N) is 2. The van der Waals surface area contributed by atoms with Crippen LogP contribution < -0.4 is 5.56 Å². The molecule has 3 nitrogen and oxygen atoms in total. The molecule has 2 aromatic heterocycles. The lowest BCUT2D eigenvalue weighted by Crippen LogP contribution is -2.12. The molecule has 0 aliphatic rings. The topological polar surface area (TPSA) is 34.4 Å². The molecular weight excluding hydrogens is 220 g/mol. The van der Waals surface area contributed by atoms with E-state index in [1.807, 2.05) is 19.1 Å². The van der Waals surface area contributed by atoms with Gasteiger partial charge >= 0.3 is 0 Å². The van der Waals surface area contributed by atoms with Gasteiger partial charge in [0, 0.05) is 11.8 Å². The minimum Gasteiger partial charge on any atom is -0.269 e. The van der Waals surface area contributed by atoms with Crippen LogP contribution in [0.1, 0.15) is 11.3 Å². The molecule has 0 N–H and O–H groups in total. The average Bonchev–Trinajstić information content (AvgIpc) is 2.57. The van der Waals surface area contributed by atoms with Crippen LogP contribution in [0.4, 0.5) is 0 Å². The summed E-state index contributed by atoms with van der Waals surface area (Å²) in [6.45, 7) is 3.90. The van der Waals surface area contributed by atoms with Crippen LogP contribution in [0.15, 0.2) is 29.1 Å². The Morgan fingerprint density at radius 1 is 1.31 bits per heavy atom. The molecule has 0 fully saturated rings. The van der Waals surface area contributed by atoms with Gasteiger partial charge in [-0.25, -0.2) is 4.98 Å². The molecule has 80 valence electrons. The fourth-order valence-electron chi connectivity index (χ4n) is 1.90. The van der Waals surface area contributed by atoms with Gasteiger partial charge in [-0.3, -0.25) is 9.20 Å². The Kier molecular flexibility index (Phi) is 1.88. The van der Waals surface area contributed by atoms with Gasteiger partial charge in [0.2, 0.25) is 0 Å². The van der Waals surface area contributed by atoms with E-state index in [1.54, 1.807) is 21.8 Å². The molecule has 0 unspecified atom stereocenters. The van der Waals surface area contributed by atoms with Gasteiger partial charge in [0.25, 0.3) is 5.56 Å². The van der Waals surface area contributed by atoms with E-state index in [0.717, 1.165) is 20.9 Å². The fraction of sp³-hybridized carbons (Fsp3) is 0.167. The monoisotopic (exact) mass is 230 g/mol. The van der Waals surface area contributed by atoms with Crippen LogP contribution in [0.25, 0.3) is 15.2 Å². The summed E-state index contributed by atoms with van der Waals surface area (Å²) in [4.78, 5) is 17.1. The lowest BCUT2D eigenvalue weighted by atomic mass is 10.2. The summed E-state index contributed by atoms with van der Waals surface area (Å²) in [5, 5.41) is 0. The molecule has 0 bridgehead atoms. The van der Waals surface area contributed by atoms with Crippen molar-refractivity contribution in [1.82, 2.24) is 9.38 Å². The maximum absolute atomic E-state index is 11.9. The van der Waals surface area contributed by atoms with Crippen molar-refractivity contribution < 1.29 is 0 Å². The highest BCUT2D eigenvalue weighted by molar-refractivity contribution is 7.23. The van der Waals surface area contributed by atoms with E-state index >= 15 is 0 Å². The van der Waals surface area contributed by atoms with Crippen LogP contribution in [0.3, 0.4) is 0 Å². The van der Waals surface area contributed by atoms with Gasteiger partial charge in [-0.15, -0.1) is 0 Å². The predicted octanol–water partition coefficient (Wildman–Crippen LogP) is 2.53. The second-order valence-electron chi connectivity index (χ2n) is 3.88. The number of aryl methyl sites for hydroxylation is 2. The van der Waals surface area contributed by atoms with E-state index in [1.165, 1.54) is 5.56 Å². The summed E-state index contributed by atoms with van der Waals surface area (Å²) in [6.07, 6.45) is 0. The van der Waals surface area contributed by atoms with Crippen LogP contribution in [0, 0.1) is 13.8 Å². The van der Waals surface area contributed by atoms with Gasteiger partial charge in [-0.05, 0) is 25.5 Å². The van der Waals surface area contributed by atoms with Crippen molar-refractivity contribution in [2.45, 2.75) is 13.8 Å². The fourth-order valence-corrected chi connectivity index (χ4v) is 3.04. The van der Waals surface area contributed by atoms with Gasteiger partial charge in [-0.2, -0.15) is 0 Å². The highest BCUT2D eigenvalue weighted by atomic mass is 32.1. The van der Waals surface area contributed by atoms with Gasteiger partial charge in [0.15, 0.2) is 4.96 Å². The van der Waals surface area contributed by atoms with Crippen LogP contribution in [0.2, 0.25) is 0 Å². The summed E-state index contributed by atoms with van der Waals surface area (Å²) < 4.78 is 2.82. The maximum atomic E-state index is 11.9. The molecule has 16 heavy (non-hydrogen) atoms. The lowest BCUT2D eigenvalue weighted by Gasteiger charge is -1.96. The van der Waals surface area contributed by atoms with Crippen molar-refractivity contribution in [3.8, 4) is 0 Å². The minimum atomic E-state index is -0.000602. The van der Waals surface area contributed by atoms with E-state index in [-0.39, 0.29) is 5.56 Å². The smallest absolute Gasteiger partial charge is 0.259 e. The standard InChI is InChI=1S/C12H10N2OS/c1-7-4-3-5-9-11(7)16-12-13-8(2)6-10(15)14(9)12/h3-6H,1-2H3. The molecule has 4 heteroatoms. The molecule has 0 spiro atoms. The normalized spacial score (nSPS) is 11.4. The number of hydrogen-bond acceptors (Lipinski definition) is 3. The van der Waals surface area contributed by atoms with Gasteiger partial charge in [0.05, 0.1) is 10.2 Å². The minimum absolute atomic E-state index is 0.000602. The first-order chi connectivity index (χ1) is 7.66. The first kappa shape index (κ1) is 9.54. The molecule has 1 aromatic carbocycles. The molecule has 0 atom stereocenters. The number of rotatable bonds is 0. The second kappa shape index (κ2) is 3.15. The Labute approximate surface area is 96.0 Å². The van der Waals surface area contributed by atoms with E-state index in [0.29, 0.717) is 0 Å². The Balaban J connectivity index is 2.67. The van der Waals surface area contributed by atoms with Crippen molar-refractivity contribution in [2.24, 2.45) is 0 Å². The van der Waals surface area contributed by atoms with Crippen LogP contribution >= 0.6 is 11.3 Å². The van der Waals surface area contributed by atoms with Crippen LogP contribution in [-0.4, -0.2) is 9.38 Å². The van der Waals surface area contributed by atoms with Gasteiger partial charge in [0.1, 0.15) is 0 Å². The van der Waals surface area contributed by atoms with Crippen molar-refractivity contribution in [3.63, 3.8) is 0 Å². The summed E-state index contributed by atoms with van der Waals surface area (Å²) >= 11 is 1.57. The average molecular weight is 230 g/mol. The number of hydrogen-bond donors (Lipinski definition) is 0. The van der Waals surface area contributed by atoms with E-state index in [2.05, 4.69) is 18.0 Å². The molecule has 3 aromatic rings. The zero-order chi connectivity index (χ0) is 11.3. The quantitative estimate of drug-likeness (QED) is 0.594. The number of aromatic nitrogens is 2. The van der Waals surface area contributed by atoms with Gasteiger partial charge in [-0.1, -0.05) is 23.5 Å². The number of benzene rings is 1. The third-order valence-corrected chi connectivity index (χ3v) is 3.83. The van der Waals surface area contributed by atoms with Crippen molar-refractivity contribution in [2.75, 3.05) is 0 Å². The van der Waals surface area contributed by atoms with E-state index in [9.17, 15) is 4.79 Å². The molecule has 0 amide bonds. The van der Waals surface area contributed by atoms with Crippen molar-refractivity contribution in [3.05, 3.63) is 45.9 Å². The Bertz CT molecular complexity index is 755. The Morgan fingerprint density at radius 2 is 2.12 bits per heavy atom. The summed E-state index contributed by atoms with van der Waals surface area (Å²) in [7, 11) is 0. The molecule has 2 heterocycles. The molecule has 0 aliphatic carbocycles. The lowest BCUT2D eigenvalue weighted by molar-refractivity contribution is 1.08. The third-order valence-electron chi connectivity index (χ3n) is 2.64. The van der Waals surface area contributed by atoms with Crippen molar-refractivity contribution in [1.29, 1.82) is 0 Å². The largest absolute Gasteiger partial charge is 0.269 e. The maximum Gasteiger partial charge on any atom is 0.259 e. The van der Waals surface area contributed by atoms with Crippen LogP contribution in [-0.2, 0) is 0 Å². The van der Waals surface area contributed by atoms with E-state index < -0.39 is 0 Å². The summed E-state index contributed by atoms with van der Waals surface area (Å²) in [6, 6.07) is 7.55. The summed E-state index contributed by atoms with van der Waals surface area (Å²) in [5.74, 6) is 0. The van der Waals surface area contributed by atoms with Crippen LogP contribution in [0.5, 0.6) is 0 Å². The molecule has 0 saturated heterocycles. The SMILES string of the molecule is Cc1cc(=O)n2c(n1)sc1c(C)cccc12. The zero-order valence-electron chi connectivity index (χ0n) is 9.02. The third kappa shape index (κ3) is 1.20. The highest BCUT2D eigenvalue weighted by Crippen LogP contribution is 2.26. The predicted molar refractivity (Wildman–Crippen MR) is 66.3 cm³/mol. The Morgan fingerprint density at radius 3 is 2.94 bits per heavy atom. The zero-order valence-corrected chi connectivity index (χ0v) is 9.84. The van der Waals surface area contributed by atoms with Gasteiger partial charge < -0.3 is 0 Å². The summed E-state index contributed by atoms with van der Waals surface area (Å²) in [5.41, 5.74) is 2.91.